The first-order valence-electron chi connectivity index (χ1n) is 6.18. The summed E-state index contributed by atoms with van der Waals surface area (Å²) in [6, 6.07) is 0.735. The van der Waals surface area contributed by atoms with Crippen molar-refractivity contribution in [3.05, 3.63) is 24.3 Å². The summed E-state index contributed by atoms with van der Waals surface area (Å²) in [6.07, 6.45) is 11.1. The maximum Gasteiger partial charge on any atom is 0.137 e. The molecule has 0 spiro atoms. The summed E-state index contributed by atoms with van der Waals surface area (Å²) in [6.45, 7) is 1.09. The van der Waals surface area contributed by atoms with Crippen molar-refractivity contribution in [2.75, 3.05) is 6.54 Å². The van der Waals surface area contributed by atoms with Crippen molar-refractivity contribution in [2.24, 2.45) is 11.8 Å². The molecule has 16 heavy (non-hydrogen) atoms. The summed E-state index contributed by atoms with van der Waals surface area (Å²) in [5.74, 6) is 2.77. The van der Waals surface area contributed by atoms with Crippen molar-refractivity contribution in [2.45, 2.75) is 31.7 Å². The first-order chi connectivity index (χ1) is 7.93. The van der Waals surface area contributed by atoms with Crippen LogP contribution in [0.2, 0.25) is 0 Å². The number of rotatable bonds is 5. The molecule has 3 rings (SSSR count). The molecule has 0 amide bonds. The molecule has 1 saturated carbocycles. The Morgan fingerprint density at radius 2 is 2.50 bits per heavy atom. The lowest BCUT2D eigenvalue weighted by Gasteiger charge is -2.40. The third kappa shape index (κ3) is 1.89. The number of H-pyrrole nitrogens is 1. The van der Waals surface area contributed by atoms with E-state index in [1.165, 1.54) is 12.8 Å². The first kappa shape index (κ1) is 10.0. The molecule has 4 nitrogen and oxygen atoms in total. The average molecular weight is 218 g/mol. The molecule has 0 aromatic carbocycles. The van der Waals surface area contributed by atoms with E-state index in [2.05, 4.69) is 32.7 Å². The van der Waals surface area contributed by atoms with Crippen LogP contribution in [-0.4, -0.2) is 27.8 Å². The largest absolute Gasteiger partial charge is 0.313 e. The fourth-order valence-corrected chi connectivity index (χ4v) is 2.84. The van der Waals surface area contributed by atoms with Crippen LogP contribution in [0.3, 0.4) is 0 Å². The minimum absolute atomic E-state index is 0.735. The van der Waals surface area contributed by atoms with Crippen LogP contribution in [0, 0.1) is 11.8 Å². The van der Waals surface area contributed by atoms with Crippen LogP contribution in [-0.2, 0) is 6.42 Å². The van der Waals surface area contributed by atoms with Crippen molar-refractivity contribution < 1.29 is 0 Å². The molecular formula is C12H18N4. The van der Waals surface area contributed by atoms with Gasteiger partial charge in [0, 0.05) is 12.5 Å². The summed E-state index contributed by atoms with van der Waals surface area (Å²) in [4.78, 5) is 4.11. The van der Waals surface area contributed by atoms with E-state index < -0.39 is 0 Å². The lowest BCUT2D eigenvalue weighted by Crippen LogP contribution is -2.48. The van der Waals surface area contributed by atoms with Crippen LogP contribution >= 0.6 is 0 Å². The second-order valence-corrected chi connectivity index (χ2v) is 4.83. The van der Waals surface area contributed by atoms with Gasteiger partial charge >= 0.3 is 0 Å². The number of fused-ring (bicyclic) bond motifs is 1. The third-order valence-corrected chi connectivity index (χ3v) is 3.82. The molecule has 0 radical (unpaired) electrons. The summed E-state index contributed by atoms with van der Waals surface area (Å²) in [7, 11) is 0. The molecule has 1 heterocycles. The molecule has 1 fully saturated rings. The Hall–Kier alpha value is -1.16. The van der Waals surface area contributed by atoms with Gasteiger partial charge in [0.15, 0.2) is 0 Å². The topological polar surface area (TPSA) is 53.6 Å². The number of nitrogens with zero attached hydrogens (tertiary/aromatic N) is 2. The normalized spacial score (nSPS) is 31.4. The molecule has 1 aromatic heterocycles. The zero-order valence-electron chi connectivity index (χ0n) is 9.39. The molecule has 3 atom stereocenters. The minimum Gasteiger partial charge on any atom is -0.313 e. The molecule has 0 saturated heterocycles. The van der Waals surface area contributed by atoms with Crippen molar-refractivity contribution >= 4 is 0 Å². The Balaban J connectivity index is 1.34. The smallest absolute Gasteiger partial charge is 0.137 e. The number of hydrogen-bond donors (Lipinski definition) is 2. The number of nitrogens with one attached hydrogen (secondary N) is 2. The van der Waals surface area contributed by atoms with Crippen LogP contribution in [0.15, 0.2) is 18.5 Å². The molecule has 0 aliphatic heterocycles. The van der Waals surface area contributed by atoms with Crippen LogP contribution in [0.1, 0.15) is 25.1 Å². The Labute approximate surface area is 95.5 Å². The number of allylic oxidation sites excluding steroid dienone is 1. The van der Waals surface area contributed by atoms with Gasteiger partial charge in [0.1, 0.15) is 12.2 Å². The molecule has 3 unspecified atom stereocenters. The van der Waals surface area contributed by atoms with Crippen LogP contribution < -0.4 is 5.32 Å². The van der Waals surface area contributed by atoms with Crippen molar-refractivity contribution in [3.8, 4) is 0 Å². The Morgan fingerprint density at radius 1 is 1.50 bits per heavy atom. The van der Waals surface area contributed by atoms with E-state index in [4.69, 9.17) is 0 Å². The Kier molecular flexibility index (Phi) is 2.74. The van der Waals surface area contributed by atoms with E-state index in [0.29, 0.717) is 0 Å². The Morgan fingerprint density at radius 3 is 3.31 bits per heavy atom. The van der Waals surface area contributed by atoms with E-state index in [0.717, 1.165) is 43.1 Å². The van der Waals surface area contributed by atoms with Crippen molar-refractivity contribution in [1.82, 2.24) is 20.5 Å². The number of aromatic amines is 1. The van der Waals surface area contributed by atoms with Gasteiger partial charge in [0.05, 0.1) is 0 Å². The molecule has 2 aliphatic carbocycles. The summed E-state index contributed by atoms with van der Waals surface area (Å²) in [5, 5.41) is 10.4. The van der Waals surface area contributed by atoms with Gasteiger partial charge in [-0.2, -0.15) is 5.10 Å². The SMILES string of the molecule is C1=CC2C(C1)CC2NCCCc1ncn[nH]1. The van der Waals surface area contributed by atoms with E-state index in [-0.39, 0.29) is 0 Å². The zero-order chi connectivity index (χ0) is 10.8. The van der Waals surface area contributed by atoms with Crippen molar-refractivity contribution in [1.29, 1.82) is 0 Å². The summed E-state index contributed by atoms with van der Waals surface area (Å²) in [5.41, 5.74) is 0. The highest BCUT2D eigenvalue weighted by Crippen LogP contribution is 2.42. The van der Waals surface area contributed by atoms with E-state index in [1.807, 2.05) is 0 Å². The van der Waals surface area contributed by atoms with Gasteiger partial charge in [-0.15, -0.1) is 0 Å². The second-order valence-electron chi connectivity index (χ2n) is 4.83. The van der Waals surface area contributed by atoms with E-state index in [1.54, 1.807) is 6.33 Å². The lowest BCUT2D eigenvalue weighted by atomic mass is 9.71. The van der Waals surface area contributed by atoms with E-state index in [9.17, 15) is 0 Å². The van der Waals surface area contributed by atoms with Crippen LogP contribution in [0.4, 0.5) is 0 Å². The van der Waals surface area contributed by atoms with E-state index >= 15 is 0 Å². The predicted octanol–water partition coefficient (Wildman–Crippen LogP) is 1.29. The van der Waals surface area contributed by atoms with Gasteiger partial charge in [-0.3, -0.25) is 5.10 Å². The molecule has 2 N–H and O–H groups in total. The predicted molar refractivity (Wildman–Crippen MR) is 61.8 cm³/mol. The molecule has 1 aromatic rings. The Bertz CT molecular complexity index is 357. The fraction of sp³-hybridized carbons (Fsp3) is 0.667. The highest BCUT2D eigenvalue weighted by atomic mass is 15.2. The van der Waals surface area contributed by atoms with Gasteiger partial charge in [0.25, 0.3) is 0 Å². The molecule has 0 bridgehead atoms. The molecule has 2 aliphatic rings. The number of aromatic nitrogens is 3. The lowest BCUT2D eigenvalue weighted by molar-refractivity contribution is 0.163. The quantitative estimate of drug-likeness (QED) is 0.578. The molecule has 86 valence electrons. The number of aryl methyl sites for hydroxylation is 1. The first-order valence-corrected chi connectivity index (χ1v) is 6.18. The maximum absolute atomic E-state index is 4.11. The van der Waals surface area contributed by atoms with Crippen LogP contribution in [0.25, 0.3) is 0 Å². The second kappa shape index (κ2) is 4.37. The van der Waals surface area contributed by atoms with Crippen molar-refractivity contribution in [3.63, 3.8) is 0 Å². The fourth-order valence-electron chi connectivity index (χ4n) is 2.84. The van der Waals surface area contributed by atoms with Gasteiger partial charge in [-0.05, 0) is 37.6 Å². The maximum atomic E-state index is 4.11. The van der Waals surface area contributed by atoms with Gasteiger partial charge < -0.3 is 5.32 Å². The monoisotopic (exact) mass is 218 g/mol. The summed E-state index contributed by atoms with van der Waals surface area (Å²) < 4.78 is 0. The summed E-state index contributed by atoms with van der Waals surface area (Å²) >= 11 is 0. The standard InChI is InChI=1S/C12H18N4/c1-3-9-7-11(10(9)4-1)13-6-2-5-12-14-8-15-16-12/h1,4,8-11,13H,2-3,5-7H2,(H,14,15,16). The van der Waals surface area contributed by atoms with Gasteiger partial charge in [0.2, 0.25) is 0 Å². The van der Waals surface area contributed by atoms with Gasteiger partial charge in [-0.25, -0.2) is 4.98 Å². The molecular weight excluding hydrogens is 200 g/mol. The average Bonchev–Trinajstić information content (AvgIpc) is 2.88. The highest BCUT2D eigenvalue weighted by molar-refractivity contribution is 5.12. The molecule has 4 heteroatoms. The number of hydrogen-bond acceptors (Lipinski definition) is 3. The highest BCUT2D eigenvalue weighted by Gasteiger charge is 2.40. The van der Waals surface area contributed by atoms with Gasteiger partial charge in [-0.1, -0.05) is 12.2 Å². The third-order valence-electron chi connectivity index (χ3n) is 3.82. The minimum atomic E-state index is 0.735. The zero-order valence-corrected chi connectivity index (χ0v) is 9.39. The van der Waals surface area contributed by atoms with Crippen LogP contribution in [0.5, 0.6) is 0 Å².